The first kappa shape index (κ1) is 23.6. The van der Waals surface area contributed by atoms with Gasteiger partial charge in [-0.1, -0.05) is 29.2 Å². The van der Waals surface area contributed by atoms with Crippen LogP contribution in [0.25, 0.3) is 0 Å². The summed E-state index contributed by atoms with van der Waals surface area (Å²) >= 11 is 7.17. The summed E-state index contributed by atoms with van der Waals surface area (Å²) in [5.74, 6) is 0.997. The minimum atomic E-state index is -0.248. The standard InChI is InChI=1S/C24H29ClN4O3S/c1-29(2)23(26)15-8-9-18(20(12-15)31-16-6-4-3-5-7-16)19-13-17(32-28-19)14-27-24(30)21-10-11-22(25)33-21/h8-12,16-17,26H,3-7,13-14H2,1-2H3,(H,27,30). The van der Waals surface area contributed by atoms with Crippen molar-refractivity contribution in [3.05, 3.63) is 50.7 Å². The number of nitrogens with zero attached hydrogens (tertiary/aromatic N) is 2. The van der Waals surface area contributed by atoms with Crippen LogP contribution < -0.4 is 10.1 Å². The summed E-state index contributed by atoms with van der Waals surface area (Å²) in [7, 11) is 3.71. The summed E-state index contributed by atoms with van der Waals surface area (Å²) in [4.78, 5) is 20.3. The van der Waals surface area contributed by atoms with Gasteiger partial charge in [-0.2, -0.15) is 0 Å². The number of nitrogens with one attached hydrogen (secondary N) is 2. The van der Waals surface area contributed by atoms with E-state index >= 15 is 0 Å². The summed E-state index contributed by atoms with van der Waals surface area (Å²) in [6.45, 7) is 0.351. The highest BCUT2D eigenvalue weighted by molar-refractivity contribution is 7.18. The summed E-state index contributed by atoms with van der Waals surface area (Å²) in [6, 6.07) is 9.24. The highest BCUT2D eigenvalue weighted by atomic mass is 35.5. The molecule has 33 heavy (non-hydrogen) atoms. The van der Waals surface area contributed by atoms with Gasteiger partial charge in [0.25, 0.3) is 5.91 Å². The van der Waals surface area contributed by atoms with Crippen LogP contribution in [0.15, 0.2) is 35.5 Å². The number of amidine groups is 1. The molecule has 2 N–H and O–H groups in total. The second-order valence-electron chi connectivity index (χ2n) is 8.62. The Balaban J connectivity index is 1.45. The zero-order chi connectivity index (χ0) is 23.4. The second-order valence-corrected chi connectivity index (χ2v) is 10.3. The van der Waals surface area contributed by atoms with Crippen LogP contribution in [-0.4, -0.2) is 55.2 Å². The number of ether oxygens (including phenoxy) is 1. The van der Waals surface area contributed by atoms with Crippen LogP contribution in [0, 0.1) is 5.41 Å². The molecule has 1 fully saturated rings. The third-order valence-electron chi connectivity index (χ3n) is 5.88. The van der Waals surface area contributed by atoms with Gasteiger partial charge in [-0.25, -0.2) is 0 Å². The van der Waals surface area contributed by atoms with Gasteiger partial charge in [0.15, 0.2) is 0 Å². The molecular formula is C24H29ClN4O3S. The molecular weight excluding hydrogens is 460 g/mol. The largest absolute Gasteiger partial charge is 0.490 e. The highest BCUT2D eigenvalue weighted by Crippen LogP contribution is 2.30. The number of rotatable bonds is 7. The van der Waals surface area contributed by atoms with Crippen LogP contribution in [0.5, 0.6) is 5.75 Å². The van der Waals surface area contributed by atoms with E-state index in [4.69, 9.17) is 26.6 Å². The maximum Gasteiger partial charge on any atom is 0.261 e. The second kappa shape index (κ2) is 10.6. The molecule has 1 aliphatic carbocycles. The van der Waals surface area contributed by atoms with Crippen LogP contribution in [0.3, 0.4) is 0 Å². The number of thiophene rings is 1. The molecule has 0 spiro atoms. The first-order chi connectivity index (χ1) is 15.9. The maximum absolute atomic E-state index is 12.3. The number of benzene rings is 1. The monoisotopic (exact) mass is 488 g/mol. The quantitative estimate of drug-likeness (QED) is 0.427. The Bertz CT molecular complexity index is 1050. The molecule has 1 aromatic carbocycles. The van der Waals surface area contributed by atoms with E-state index in [9.17, 15) is 4.79 Å². The van der Waals surface area contributed by atoms with Crippen LogP contribution in [0.1, 0.15) is 59.3 Å². The lowest BCUT2D eigenvalue weighted by Gasteiger charge is -2.25. The van der Waals surface area contributed by atoms with Gasteiger partial charge in [0.1, 0.15) is 17.7 Å². The average molecular weight is 489 g/mol. The van der Waals surface area contributed by atoms with Gasteiger partial charge in [-0.15, -0.1) is 11.3 Å². The predicted molar refractivity (Wildman–Crippen MR) is 132 cm³/mol. The van der Waals surface area contributed by atoms with Gasteiger partial charge < -0.3 is 19.8 Å². The van der Waals surface area contributed by atoms with Crippen molar-refractivity contribution in [2.24, 2.45) is 5.16 Å². The SMILES string of the molecule is CN(C)C(=N)c1ccc(C2=NOC(CNC(=O)c3ccc(Cl)s3)C2)c(OC2CCCCC2)c1. The molecule has 176 valence electrons. The molecule has 7 nitrogen and oxygen atoms in total. The lowest BCUT2D eigenvalue weighted by Crippen LogP contribution is -2.32. The van der Waals surface area contributed by atoms with Crippen molar-refractivity contribution >= 4 is 40.4 Å². The number of hydrogen-bond donors (Lipinski definition) is 2. The summed E-state index contributed by atoms with van der Waals surface area (Å²) < 4.78 is 7.01. The van der Waals surface area contributed by atoms with Gasteiger partial charge in [0.2, 0.25) is 0 Å². The van der Waals surface area contributed by atoms with E-state index in [0.717, 1.165) is 35.4 Å². The molecule has 4 rings (SSSR count). The van der Waals surface area contributed by atoms with Crippen LogP contribution >= 0.6 is 22.9 Å². The number of halogens is 1. The molecule has 2 aromatic rings. The molecule has 1 atom stereocenters. The first-order valence-corrected chi connectivity index (χ1v) is 12.4. The lowest BCUT2D eigenvalue weighted by atomic mass is 9.97. The molecule has 0 saturated heterocycles. The molecule has 1 amide bonds. The Morgan fingerprint density at radius 2 is 2.06 bits per heavy atom. The van der Waals surface area contributed by atoms with Crippen molar-refractivity contribution in [2.45, 2.75) is 50.7 Å². The fourth-order valence-electron chi connectivity index (χ4n) is 4.05. The Morgan fingerprint density at radius 3 is 2.76 bits per heavy atom. The highest BCUT2D eigenvalue weighted by Gasteiger charge is 2.27. The van der Waals surface area contributed by atoms with E-state index in [-0.39, 0.29) is 18.1 Å². The van der Waals surface area contributed by atoms with Gasteiger partial charge in [0.05, 0.1) is 27.6 Å². The topological polar surface area (TPSA) is 87.0 Å². The maximum atomic E-state index is 12.3. The van der Waals surface area contributed by atoms with Crippen molar-refractivity contribution in [3.8, 4) is 5.75 Å². The van der Waals surface area contributed by atoms with E-state index < -0.39 is 0 Å². The number of carbonyl (C=O) groups excluding carboxylic acids is 1. The first-order valence-electron chi connectivity index (χ1n) is 11.2. The van der Waals surface area contributed by atoms with Gasteiger partial charge in [0, 0.05) is 31.6 Å². The zero-order valence-corrected chi connectivity index (χ0v) is 20.5. The summed E-state index contributed by atoms with van der Waals surface area (Å²) in [5.41, 5.74) is 2.48. The Kier molecular flexibility index (Phi) is 7.55. The molecule has 2 heterocycles. The minimum Gasteiger partial charge on any atom is -0.490 e. The van der Waals surface area contributed by atoms with E-state index in [1.807, 2.05) is 32.3 Å². The molecule has 1 aliphatic heterocycles. The van der Waals surface area contributed by atoms with E-state index in [1.165, 1.54) is 30.6 Å². The van der Waals surface area contributed by atoms with E-state index in [2.05, 4.69) is 10.5 Å². The number of hydrogen-bond acceptors (Lipinski definition) is 6. The molecule has 0 bridgehead atoms. The average Bonchev–Trinajstić information content (AvgIpc) is 3.47. The van der Waals surface area contributed by atoms with Gasteiger partial charge >= 0.3 is 0 Å². The molecule has 2 aliphatic rings. The van der Waals surface area contributed by atoms with Crippen molar-refractivity contribution in [1.29, 1.82) is 5.41 Å². The molecule has 0 radical (unpaired) electrons. The predicted octanol–water partition coefficient (Wildman–Crippen LogP) is 4.92. The molecule has 1 unspecified atom stereocenters. The molecule has 1 aromatic heterocycles. The van der Waals surface area contributed by atoms with E-state index in [1.54, 1.807) is 17.0 Å². The third kappa shape index (κ3) is 5.86. The fraction of sp³-hybridized carbons (Fsp3) is 0.458. The van der Waals surface area contributed by atoms with Gasteiger partial charge in [-0.05, 0) is 49.9 Å². The lowest BCUT2D eigenvalue weighted by molar-refractivity contribution is 0.0755. The van der Waals surface area contributed by atoms with Crippen molar-refractivity contribution in [1.82, 2.24) is 10.2 Å². The molecule has 1 saturated carbocycles. The Hall–Kier alpha value is -2.58. The van der Waals surface area contributed by atoms with Crippen molar-refractivity contribution in [3.63, 3.8) is 0 Å². The Morgan fingerprint density at radius 1 is 1.27 bits per heavy atom. The van der Waals surface area contributed by atoms with Crippen molar-refractivity contribution in [2.75, 3.05) is 20.6 Å². The minimum absolute atomic E-state index is 0.170. The Labute approximate surface area is 203 Å². The number of oxime groups is 1. The number of carbonyl (C=O) groups is 1. The summed E-state index contributed by atoms with van der Waals surface area (Å²) in [6.07, 6.45) is 6.18. The third-order valence-corrected chi connectivity index (χ3v) is 7.11. The normalized spacial score (nSPS) is 18.4. The smallest absolute Gasteiger partial charge is 0.261 e. The van der Waals surface area contributed by atoms with Crippen LogP contribution in [-0.2, 0) is 4.84 Å². The number of amides is 1. The van der Waals surface area contributed by atoms with Gasteiger partial charge in [-0.3, -0.25) is 10.2 Å². The van der Waals surface area contributed by atoms with Crippen LogP contribution in [0.2, 0.25) is 4.34 Å². The fourth-order valence-corrected chi connectivity index (χ4v) is 5.01. The summed E-state index contributed by atoms with van der Waals surface area (Å²) in [5, 5.41) is 15.5. The van der Waals surface area contributed by atoms with E-state index in [0.29, 0.717) is 28.0 Å². The van der Waals surface area contributed by atoms with Crippen LogP contribution in [0.4, 0.5) is 0 Å². The molecule has 9 heteroatoms. The zero-order valence-electron chi connectivity index (χ0n) is 18.9. The van der Waals surface area contributed by atoms with Crippen molar-refractivity contribution < 1.29 is 14.4 Å².